The van der Waals surface area contributed by atoms with E-state index in [1.54, 1.807) is 4.90 Å². The number of carbonyl (C=O) groups is 1. The van der Waals surface area contributed by atoms with Crippen LogP contribution in [0.25, 0.3) is 0 Å². The summed E-state index contributed by atoms with van der Waals surface area (Å²) in [6.07, 6.45) is 3.51. The lowest BCUT2D eigenvalue weighted by Crippen LogP contribution is -2.57. The summed E-state index contributed by atoms with van der Waals surface area (Å²) < 4.78 is 0. The number of aromatic amines is 1. The molecule has 6 heteroatoms. The number of carbonyl (C=O) groups excluding carboxylic acids is 1. The van der Waals surface area contributed by atoms with Crippen molar-refractivity contribution < 1.29 is 4.79 Å². The average molecular weight is 293 g/mol. The molecule has 0 radical (unpaired) electrons. The molecule has 1 aliphatic carbocycles. The van der Waals surface area contributed by atoms with Gasteiger partial charge in [0.15, 0.2) is 0 Å². The number of hydrogen-bond donors (Lipinski definition) is 1. The van der Waals surface area contributed by atoms with E-state index in [0.717, 1.165) is 25.2 Å². The Labute approximate surface area is 126 Å². The Morgan fingerprint density at radius 2 is 1.90 bits per heavy atom. The Morgan fingerprint density at radius 3 is 2.29 bits per heavy atom. The molecule has 1 aliphatic rings. The smallest absolute Gasteiger partial charge is 0.293 e. The van der Waals surface area contributed by atoms with Crippen LogP contribution in [0.4, 0.5) is 0 Å². The highest BCUT2D eigenvalue weighted by Crippen LogP contribution is 2.36. The second-order valence-electron chi connectivity index (χ2n) is 7.39. The number of nitrogens with one attached hydrogen (secondary N) is 1. The largest absolute Gasteiger partial charge is 0.337 e. The van der Waals surface area contributed by atoms with E-state index in [1.165, 1.54) is 6.42 Å². The summed E-state index contributed by atoms with van der Waals surface area (Å²) in [5.41, 5.74) is -0.0174. The van der Waals surface area contributed by atoms with Gasteiger partial charge < -0.3 is 9.80 Å². The minimum Gasteiger partial charge on any atom is -0.337 e. The molecule has 0 atom stereocenters. The molecule has 118 valence electrons. The summed E-state index contributed by atoms with van der Waals surface area (Å²) in [4.78, 5) is 20.8. The third-order valence-corrected chi connectivity index (χ3v) is 4.50. The van der Waals surface area contributed by atoms with Crippen molar-refractivity contribution in [3.63, 3.8) is 0 Å². The van der Waals surface area contributed by atoms with Gasteiger partial charge in [-0.2, -0.15) is 0 Å². The van der Waals surface area contributed by atoms with Crippen molar-refractivity contribution >= 4 is 5.91 Å². The van der Waals surface area contributed by atoms with Crippen LogP contribution in [0, 0.1) is 0 Å². The molecular weight excluding hydrogens is 266 g/mol. The van der Waals surface area contributed by atoms with Crippen molar-refractivity contribution in [2.24, 2.45) is 0 Å². The Kier molecular flexibility index (Phi) is 4.10. The number of H-pyrrole nitrogens is 1. The van der Waals surface area contributed by atoms with Crippen molar-refractivity contribution in [1.82, 2.24) is 25.0 Å². The van der Waals surface area contributed by atoms with E-state index in [9.17, 15) is 4.79 Å². The highest BCUT2D eigenvalue weighted by atomic mass is 16.2. The lowest BCUT2D eigenvalue weighted by Gasteiger charge is -2.49. The summed E-state index contributed by atoms with van der Waals surface area (Å²) in [6.45, 7) is 6.85. The van der Waals surface area contributed by atoms with Crippen molar-refractivity contribution in [2.45, 2.75) is 51.0 Å². The molecule has 0 saturated heterocycles. The van der Waals surface area contributed by atoms with Crippen LogP contribution in [-0.2, 0) is 5.41 Å². The van der Waals surface area contributed by atoms with Crippen molar-refractivity contribution in [2.75, 3.05) is 27.7 Å². The van der Waals surface area contributed by atoms with Crippen LogP contribution in [0.1, 0.15) is 56.5 Å². The first-order valence-corrected chi connectivity index (χ1v) is 7.51. The lowest BCUT2D eigenvalue weighted by molar-refractivity contribution is 0.0247. The van der Waals surface area contributed by atoms with Gasteiger partial charge in [-0.25, -0.2) is 4.98 Å². The van der Waals surface area contributed by atoms with Crippen LogP contribution in [0.3, 0.4) is 0 Å². The molecule has 1 saturated carbocycles. The first kappa shape index (κ1) is 15.9. The molecular formula is C15H27N5O. The fraction of sp³-hybridized carbons (Fsp3) is 0.800. The molecule has 1 N–H and O–H groups in total. The fourth-order valence-corrected chi connectivity index (χ4v) is 2.71. The molecule has 0 unspecified atom stereocenters. The maximum absolute atomic E-state index is 12.5. The quantitative estimate of drug-likeness (QED) is 0.917. The van der Waals surface area contributed by atoms with Crippen LogP contribution < -0.4 is 0 Å². The van der Waals surface area contributed by atoms with Crippen molar-refractivity contribution in [3.8, 4) is 0 Å². The monoisotopic (exact) mass is 293 g/mol. The first-order valence-electron chi connectivity index (χ1n) is 7.51. The molecule has 0 aliphatic heterocycles. The van der Waals surface area contributed by atoms with E-state index in [-0.39, 0.29) is 22.7 Å². The van der Waals surface area contributed by atoms with Crippen LogP contribution in [0.2, 0.25) is 0 Å². The Hall–Kier alpha value is -1.43. The molecule has 21 heavy (non-hydrogen) atoms. The van der Waals surface area contributed by atoms with Crippen LogP contribution in [-0.4, -0.2) is 64.1 Å². The minimum atomic E-state index is -0.136. The predicted octanol–water partition coefficient (Wildman–Crippen LogP) is 1.66. The SMILES string of the molecule is CN(CC1(N(C)C)CCC1)C(=O)c1n[nH]c(C(C)(C)C)n1. The number of likely N-dealkylation sites (N-methyl/N-ethyl adjacent to an activating group) is 2. The number of aromatic nitrogens is 3. The van der Waals surface area contributed by atoms with Gasteiger partial charge in [-0.3, -0.25) is 9.89 Å². The van der Waals surface area contributed by atoms with Gasteiger partial charge in [-0.1, -0.05) is 20.8 Å². The minimum absolute atomic E-state index is 0.116. The van der Waals surface area contributed by atoms with Gasteiger partial charge in [0.1, 0.15) is 5.82 Å². The summed E-state index contributed by atoms with van der Waals surface area (Å²) in [6, 6.07) is 0. The first-order chi connectivity index (χ1) is 9.66. The summed E-state index contributed by atoms with van der Waals surface area (Å²) >= 11 is 0. The van der Waals surface area contributed by atoms with Crippen LogP contribution >= 0.6 is 0 Å². The van der Waals surface area contributed by atoms with Crippen LogP contribution in [0.15, 0.2) is 0 Å². The Balaban J connectivity index is 2.07. The number of rotatable bonds is 4. The van der Waals surface area contributed by atoms with Crippen molar-refractivity contribution in [1.29, 1.82) is 0 Å². The van der Waals surface area contributed by atoms with Gasteiger partial charge in [0, 0.05) is 24.5 Å². The van der Waals surface area contributed by atoms with Gasteiger partial charge in [-0.05, 0) is 33.4 Å². The highest BCUT2D eigenvalue weighted by molar-refractivity contribution is 5.90. The molecule has 6 nitrogen and oxygen atoms in total. The molecule has 0 spiro atoms. The van der Waals surface area contributed by atoms with Gasteiger partial charge in [0.2, 0.25) is 5.82 Å². The van der Waals surface area contributed by atoms with Gasteiger partial charge in [-0.15, -0.1) is 5.10 Å². The molecule has 0 bridgehead atoms. The predicted molar refractivity (Wildman–Crippen MR) is 82.3 cm³/mol. The van der Waals surface area contributed by atoms with E-state index < -0.39 is 0 Å². The lowest BCUT2D eigenvalue weighted by atomic mass is 9.75. The Bertz CT molecular complexity index is 510. The van der Waals surface area contributed by atoms with E-state index in [2.05, 4.69) is 34.2 Å². The topological polar surface area (TPSA) is 65.1 Å². The van der Waals surface area contributed by atoms with E-state index in [0.29, 0.717) is 0 Å². The van der Waals surface area contributed by atoms with Crippen LogP contribution in [0.5, 0.6) is 0 Å². The van der Waals surface area contributed by atoms with Gasteiger partial charge in [0.05, 0.1) is 0 Å². The third-order valence-electron chi connectivity index (χ3n) is 4.50. The standard InChI is InChI=1S/C15H27N5O/c1-14(2,3)13-16-11(17-18-13)12(21)20(6)10-15(19(4)5)8-7-9-15/h7-10H2,1-6H3,(H,16,17,18). The fourth-order valence-electron chi connectivity index (χ4n) is 2.71. The maximum Gasteiger partial charge on any atom is 0.293 e. The zero-order chi connectivity index (χ0) is 15.8. The molecule has 2 rings (SSSR count). The van der Waals surface area contributed by atoms with Gasteiger partial charge in [0.25, 0.3) is 5.91 Å². The molecule has 1 amide bonds. The zero-order valence-corrected chi connectivity index (χ0v) is 14.0. The Morgan fingerprint density at radius 1 is 1.29 bits per heavy atom. The maximum atomic E-state index is 12.5. The average Bonchev–Trinajstić information content (AvgIpc) is 2.81. The summed E-state index contributed by atoms with van der Waals surface area (Å²) in [5, 5.41) is 6.96. The highest BCUT2D eigenvalue weighted by Gasteiger charge is 2.41. The molecule has 1 aromatic rings. The number of amides is 1. The molecule has 1 fully saturated rings. The second-order valence-corrected chi connectivity index (χ2v) is 7.39. The number of hydrogen-bond acceptors (Lipinski definition) is 4. The van der Waals surface area contributed by atoms with Gasteiger partial charge >= 0.3 is 0 Å². The number of nitrogens with zero attached hydrogens (tertiary/aromatic N) is 4. The van der Waals surface area contributed by atoms with E-state index in [4.69, 9.17) is 0 Å². The van der Waals surface area contributed by atoms with Crippen molar-refractivity contribution in [3.05, 3.63) is 11.6 Å². The molecule has 0 aromatic carbocycles. The van der Waals surface area contributed by atoms with E-state index in [1.807, 2.05) is 27.8 Å². The molecule has 1 heterocycles. The summed E-state index contributed by atoms with van der Waals surface area (Å²) in [7, 11) is 6.00. The summed E-state index contributed by atoms with van der Waals surface area (Å²) in [5.74, 6) is 0.885. The second kappa shape index (κ2) is 5.40. The normalized spacial score (nSPS) is 17.7. The zero-order valence-electron chi connectivity index (χ0n) is 14.0. The molecule has 1 aromatic heterocycles. The third kappa shape index (κ3) is 3.10. The van der Waals surface area contributed by atoms with E-state index >= 15 is 0 Å².